The summed E-state index contributed by atoms with van der Waals surface area (Å²) in [5.41, 5.74) is 0.705. The van der Waals surface area contributed by atoms with E-state index >= 15 is 0 Å². The van der Waals surface area contributed by atoms with Crippen molar-refractivity contribution in [3.8, 4) is 17.6 Å². The predicted molar refractivity (Wildman–Crippen MR) is 70.6 cm³/mol. The minimum absolute atomic E-state index is 0.0808. The van der Waals surface area contributed by atoms with E-state index in [1.54, 1.807) is 0 Å². The van der Waals surface area contributed by atoms with Crippen molar-refractivity contribution in [1.29, 1.82) is 0 Å². The summed E-state index contributed by atoms with van der Waals surface area (Å²) in [4.78, 5) is 10.4. The van der Waals surface area contributed by atoms with Crippen LogP contribution in [0.5, 0.6) is 5.75 Å². The van der Waals surface area contributed by atoms with Crippen molar-refractivity contribution in [3.05, 3.63) is 65.2 Å². The number of hydrogen-bond acceptors (Lipinski definition) is 2. The number of ether oxygens (including phenoxy) is 1. The molecule has 0 saturated carbocycles. The lowest BCUT2D eigenvalue weighted by Crippen LogP contribution is -2.00. The van der Waals surface area contributed by atoms with Crippen molar-refractivity contribution in [2.45, 2.75) is 0 Å². The van der Waals surface area contributed by atoms with E-state index in [9.17, 15) is 13.6 Å². The molecule has 2 aromatic carbocycles. The second kappa shape index (κ2) is 6.48. The molecule has 2 aromatic rings. The fraction of sp³-hybridized carbons (Fsp3) is 0.0625. The van der Waals surface area contributed by atoms with E-state index in [0.717, 1.165) is 17.7 Å². The Morgan fingerprint density at radius 1 is 1.10 bits per heavy atom. The fourth-order valence-corrected chi connectivity index (χ4v) is 1.55. The zero-order valence-corrected chi connectivity index (χ0v) is 10.4. The second-order valence-corrected chi connectivity index (χ2v) is 3.89. The predicted octanol–water partition coefficient (Wildman–Crippen LogP) is 3.21. The van der Waals surface area contributed by atoms with E-state index in [0.29, 0.717) is 6.29 Å². The molecule has 0 aliphatic heterocycles. The molecule has 0 aliphatic rings. The van der Waals surface area contributed by atoms with Gasteiger partial charge in [0, 0.05) is 11.1 Å². The number of hydrogen-bond donors (Lipinski definition) is 0. The normalized spacial score (nSPS) is 9.50. The summed E-state index contributed by atoms with van der Waals surface area (Å²) in [5.74, 6) is 3.08. The molecule has 0 atom stereocenters. The summed E-state index contributed by atoms with van der Waals surface area (Å²) in [5, 5.41) is 0. The van der Waals surface area contributed by atoms with Gasteiger partial charge in [0.15, 0.2) is 17.4 Å². The first-order chi connectivity index (χ1) is 9.70. The molecule has 0 saturated heterocycles. The maximum atomic E-state index is 13.5. The summed E-state index contributed by atoms with van der Waals surface area (Å²) >= 11 is 0. The molecule has 0 heterocycles. The van der Waals surface area contributed by atoms with Crippen LogP contribution in [0.1, 0.15) is 15.9 Å². The fourth-order valence-electron chi connectivity index (χ4n) is 1.55. The standard InChI is InChI=1S/C16H10F2O2/c17-14-9-13(11-19)10-15(18)16(14)20-8-4-7-12-5-2-1-3-6-12/h1-3,5-6,9-11H,8H2. The van der Waals surface area contributed by atoms with Gasteiger partial charge in [0.25, 0.3) is 0 Å². The molecule has 0 unspecified atom stereocenters. The van der Waals surface area contributed by atoms with Crippen molar-refractivity contribution in [2.24, 2.45) is 0 Å². The van der Waals surface area contributed by atoms with Gasteiger partial charge in [-0.3, -0.25) is 4.79 Å². The summed E-state index contributed by atoms with van der Waals surface area (Å²) in [6, 6.07) is 11.0. The summed E-state index contributed by atoms with van der Waals surface area (Å²) < 4.78 is 31.9. The molecular formula is C16H10F2O2. The Balaban J connectivity index is 2.05. The molecule has 0 amide bonds. The van der Waals surface area contributed by atoms with Crippen LogP contribution in [0.25, 0.3) is 0 Å². The number of carbonyl (C=O) groups excluding carboxylic acids is 1. The Bertz CT molecular complexity index is 647. The third-order valence-electron chi connectivity index (χ3n) is 2.45. The summed E-state index contributed by atoms with van der Waals surface area (Å²) in [7, 11) is 0. The van der Waals surface area contributed by atoms with Gasteiger partial charge in [-0.15, -0.1) is 0 Å². The van der Waals surface area contributed by atoms with Crippen LogP contribution in [0.4, 0.5) is 8.78 Å². The Morgan fingerprint density at radius 2 is 1.75 bits per heavy atom. The minimum atomic E-state index is -0.923. The summed E-state index contributed by atoms with van der Waals surface area (Å²) in [6.07, 6.45) is 0.366. The van der Waals surface area contributed by atoms with Gasteiger partial charge in [0.2, 0.25) is 0 Å². The van der Waals surface area contributed by atoms with Crippen LogP contribution >= 0.6 is 0 Å². The number of carbonyl (C=O) groups is 1. The van der Waals surface area contributed by atoms with Gasteiger partial charge < -0.3 is 4.74 Å². The first kappa shape index (κ1) is 13.8. The number of rotatable bonds is 3. The molecule has 0 N–H and O–H groups in total. The average molecular weight is 272 g/mol. The Kier molecular flexibility index (Phi) is 4.46. The highest BCUT2D eigenvalue weighted by Gasteiger charge is 2.11. The van der Waals surface area contributed by atoms with Crippen molar-refractivity contribution >= 4 is 6.29 Å². The SMILES string of the molecule is O=Cc1cc(F)c(OCC#Cc2ccccc2)c(F)c1. The lowest BCUT2D eigenvalue weighted by Gasteiger charge is -2.05. The van der Waals surface area contributed by atoms with E-state index in [2.05, 4.69) is 11.8 Å². The smallest absolute Gasteiger partial charge is 0.192 e. The maximum Gasteiger partial charge on any atom is 0.192 e. The molecule has 2 rings (SSSR count). The van der Waals surface area contributed by atoms with Gasteiger partial charge in [-0.2, -0.15) is 0 Å². The lowest BCUT2D eigenvalue weighted by atomic mass is 10.2. The van der Waals surface area contributed by atoms with Crippen LogP contribution in [0.2, 0.25) is 0 Å². The van der Waals surface area contributed by atoms with Crippen LogP contribution in [0.15, 0.2) is 42.5 Å². The Labute approximate surface area is 115 Å². The van der Waals surface area contributed by atoms with Gasteiger partial charge in [-0.25, -0.2) is 8.78 Å². The van der Waals surface area contributed by atoms with Crippen LogP contribution < -0.4 is 4.74 Å². The van der Waals surface area contributed by atoms with E-state index in [1.807, 2.05) is 30.3 Å². The topological polar surface area (TPSA) is 26.3 Å². The molecule has 2 nitrogen and oxygen atoms in total. The van der Waals surface area contributed by atoms with Gasteiger partial charge >= 0.3 is 0 Å². The minimum Gasteiger partial charge on any atom is -0.475 e. The zero-order chi connectivity index (χ0) is 14.4. The van der Waals surface area contributed by atoms with Crippen molar-refractivity contribution in [1.82, 2.24) is 0 Å². The number of aldehydes is 1. The molecule has 4 heteroatoms. The highest BCUT2D eigenvalue weighted by atomic mass is 19.1. The van der Waals surface area contributed by atoms with E-state index in [4.69, 9.17) is 4.74 Å². The van der Waals surface area contributed by atoms with Crippen molar-refractivity contribution < 1.29 is 18.3 Å². The third-order valence-corrected chi connectivity index (χ3v) is 2.45. The Hall–Kier alpha value is -2.67. The quantitative estimate of drug-likeness (QED) is 0.633. The molecule has 0 aliphatic carbocycles. The van der Waals surface area contributed by atoms with Crippen LogP contribution in [-0.2, 0) is 0 Å². The molecule has 20 heavy (non-hydrogen) atoms. The first-order valence-electron chi connectivity index (χ1n) is 5.81. The molecule has 0 bridgehead atoms. The highest BCUT2D eigenvalue weighted by Crippen LogP contribution is 2.22. The molecule has 100 valence electrons. The van der Waals surface area contributed by atoms with E-state index in [1.165, 1.54) is 0 Å². The molecule has 0 spiro atoms. The zero-order valence-electron chi connectivity index (χ0n) is 10.4. The highest BCUT2D eigenvalue weighted by molar-refractivity contribution is 5.75. The number of benzene rings is 2. The van der Waals surface area contributed by atoms with Crippen molar-refractivity contribution in [2.75, 3.05) is 6.61 Å². The van der Waals surface area contributed by atoms with Gasteiger partial charge in [-0.1, -0.05) is 30.0 Å². The summed E-state index contributed by atoms with van der Waals surface area (Å²) in [6.45, 7) is -0.150. The van der Waals surface area contributed by atoms with Crippen LogP contribution in [-0.4, -0.2) is 12.9 Å². The van der Waals surface area contributed by atoms with Crippen molar-refractivity contribution in [3.63, 3.8) is 0 Å². The van der Waals surface area contributed by atoms with Gasteiger partial charge in [0.05, 0.1) is 0 Å². The van der Waals surface area contributed by atoms with E-state index in [-0.39, 0.29) is 12.2 Å². The second-order valence-electron chi connectivity index (χ2n) is 3.89. The molecular weight excluding hydrogens is 262 g/mol. The first-order valence-corrected chi connectivity index (χ1v) is 5.81. The average Bonchev–Trinajstić information content (AvgIpc) is 2.46. The largest absolute Gasteiger partial charge is 0.475 e. The monoisotopic (exact) mass is 272 g/mol. The molecule has 0 radical (unpaired) electrons. The Morgan fingerprint density at radius 3 is 2.35 bits per heavy atom. The van der Waals surface area contributed by atoms with Gasteiger partial charge in [0.1, 0.15) is 12.9 Å². The van der Waals surface area contributed by atoms with Gasteiger partial charge in [-0.05, 0) is 24.3 Å². The maximum absolute atomic E-state index is 13.5. The van der Waals surface area contributed by atoms with E-state index < -0.39 is 17.4 Å². The lowest BCUT2D eigenvalue weighted by molar-refractivity contribution is 0.112. The van der Waals surface area contributed by atoms with Crippen LogP contribution in [0, 0.1) is 23.5 Å². The molecule has 0 aromatic heterocycles. The van der Waals surface area contributed by atoms with Crippen LogP contribution in [0.3, 0.4) is 0 Å². The molecule has 0 fully saturated rings. The third kappa shape index (κ3) is 3.42. The number of halogens is 2.